The molecule has 3 aromatic rings. The standard InChI is InChI=1S/C21H22ClFN4O4/c1-4-8-26-16(28)11-13(18(29)24-15-7-6-12(23)10-14(15)22)17-19(26)25(3)21(31)27(9-5-2)20(17)30/h6-7,10-11H,4-5,8-9H2,1-3H3,(H,24,29). The first-order valence-electron chi connectivity index (χ1n) is 9.85. The summed E-state index contributed by atoms with van der Waals surface area (Å²) in [6.07, 6.45) is 1.11. The number of hydrogen-bond acceptors (Lipinski definition) is 4. The first-order chi connectivity index (χ1) is 14.7. The van der Waals surface area contributed by atoms with Crippen molar-refractivity contribution in [1.29, 1.82) is 0 Å². The number of nitrogens with one attached hydrogen (secondary N) is 1. The monoisotopic (exact) mass is 448 g/mol. The Bertz CT molecular complexity index is 1360. The van der Waals surface area contributed by atoms with E-state index in [-0.39, 0.29) is 40.4 Å². The van der Waals surface area contributed by atoms with Crippen molar-refractivity contribution in [3.8, 4) is 0 Å². The summed E-state index contributed by atoms with van der Waals surface area (Å²) in [5, 5.41) is 2.44. The van der Waals surface area contributed by atoms with Gasteiger partial charge in [0.25, 0.3) is 17.0 Å². The number of rotatable bonds is 6. The second-order valence-corrected chi connectivity index (χ2v) is 7.53. The molecule has 0 unspecified atom stereocenters. The van der Waals surface area contributed by atoms with Crippen LogP contribution in [0.5, 0.6) is 0 Å². The van der Waals surface area contributed by atoms with Crippen molar-refractivity contribution < 1.29 is 9.18 Å². The van der Waals surface area contributed by atoms with Crippen LogP contribution >= 0.6 is 11.6 Å². The van der Waals surface area contributed by atoms with E-state index >= 15 is 0 Å². The van der Waals surface area contributed by atoms with Crippen LogP contribution in [0.3, 0.4) is 0 Å². The third-order valence-corrected chi connectivity index (χ3v) is 5.21. The molecule has 1 N–H and O–H groups in total. The molecule has 31 heavy (non-hydrogen) atoms. The zero-order valence-electron chi connectivity index (χ0n) is 17.4. The molecule has 0 fully saturated rings. The normalized spacial score (nSPS) is 11.1. The van der Waals surface area contributed by atoms with Crippen molar-refractivity contribution in [2.45, 2.75) is 39.8 Å². The molecule has 0 aliphatic heterocycles. The molecule has 2 aromatic heterocycles. The quantitative estimate of drug-likeness (QED) is 0.627. The number of carbonyl (C=O) groups excluding carboxylic acids is 1. The molecule has 0 saturated carbocycles. The molecule has 0 saturated heterocycles. The number of pyridine rings is 1. The number of halogens is 2. The highest BCUT2D eigenvalue weighted by Crippen LogP contribution is 2.23. The number of nitrogens with zero attached hydrogens (tertiary/aromatic N) is 3. The molecular weight excluding hydrogens is 427 g/mol. The van der Waals surface area contributed by atoms with E-state index in [9.17, 15) is 23.6 Å². The molecule has 8 nitrogen and oxygen atoms in total. The predicted molar refractivity (Wildman–Crippen MR) is 118 cm³/mol. The Kier molecular flexibility index (Phi) is 6.45. The van der Waals surface area contributed by atoms with Crippen LogP contribution in [0, 0.1) is 5.82 Å². The van der Waals surface area contributed by atoms with E-state index < -0.39 is 28.5 Å². The summed E-state index contributed by atoms with van der Waals surface area (Å²) in [4.78, 5) is 51.8. The van der Waals surface area contributed by atoms with Gasteiger partial charge in [0.15, 0.2) is 0 Å². The second-order valence-electron chi connectivity index (χ2n) is 7.12. The molecular formula is C21H22ClFN4O4. The molecule has 0 aliphatic carbocycles. The van der Waals surface area contributed by atoms with Crippen LogP contribution in [-0.2, 0) is 20.1 Å². The van der Waals surface area contributed by atoms with Gasteiger partial charge in [-0.1, -0.05) is 25.4 Å². The molecule has 0 radical (unpaired) electrons. The highest BCUT2D eigenvalue weighted by molar-refractivity contribution is 6.34. The molecule has 0 aliphatic rings. The Balaban J connectivity index is 2.34. The summed E-state index contributed by atoms with van der Waals surface area (Å²) < 4.78 is 16.9. The number of anilines is 1. The van der Waals surface area contributed by atoms with E-state index in [1.54, 1.807) is 0 Å². The fourth-order valence-corrected chi connectivity index (χ4v) is 3.72. The predicted octanol–water partition coefficient (Wildman–Crippen LogP) is 2.73. The van der Waals surface area contributed by atoms with Gasteiger partial charge in [0.2, 0.25) is 0 Å². The minimum Gasteiger partial charge on any atom is -0.321 e. The van der Waals surface area contributed by atoms with Crippen molar-refractivity contribution in [3.63, 3.8) is 0 Å². The summed E-state index contributed by atoms with van der Waals surface area (Å²) in [6.45, 7) is 4.11. The van der Waals surface area contributed by atoms with E-state index in [1.807, 2.05) is 13.8 Å². The lowest BCUT2D eigenvalue weighted by Crippen LogP contribution is -2.42. The maximum atomic E-state index is 13.3. The Morgan fingerprint density at radius 1 is 1.06 bits per heavy atom. The number of benzene rings is 1. The number of amides is 1. The molecule has 3 rings (SSSR count). The number of aryl methyl sites for hydroxylation is 2. The summed E-state index contributed by atoms with van der Waals surface area (Å²) in [7, 11) is 1.46. The largest absolute Gasteiger partial charge is 0.332 e. The highest BCUT2D eigenvalue weighted by Gasteiger charge is 2.23. The van der Waals surface area contributed by atoms with Crippen molar-refractivity contribution in [2.75, 3.05) is 5.32 Å². The topological polar surface area (TPSA) is 95.1 Å². The Hall–Kier alpha value is -3.20. The zero-order chi connectivity index (χ0) is 22.9. The molecule has 1 aromatic carbocycles. The van der Waals surface area contributed by atoms with Crippen LogP contribution in [0.4, 0.5) is 10.1 Å². The Labute approximate surface area is 181 Å². The third kappa shape index (κ3) is 4.05. The number of aromatic nitrogens is 3. The lowest BCUT2D eigenvalue weighted by Gasteiger charge is -2.17. The van der Waals surface area contributed by atoms with Gasteiger partial charge in [-0.25, -0.2) is 9.18 Å². The van der Waals surface area contributed by atoms with Crippen molar-refractivity contribution >= 4 is 34.2 Å². The number of carbonyl (C=O) groups is 1. The van der Waals surface area contributed by atoms with Crippen LogP contribution in [0.15, 0.2) is 38.6 Å². The summed E-state index contributed by atoms with van der Waals surface area (Å²) in [6, 6.07) is 4.51. The zero-order valence-corrected chi connectivity index (χ0v) is 18.1. The van der Waals surface area contributed by atoms with Crippen LogP contribution in [0.25, 0.3) is 11.0 Å². The van der Waals surface area contributed by atoms with Crippen LogP contribution in [0.2, 0.25) is 5.02 Å². The van der Waals surface area contributed by atoms with E-state index in [4.69, 9.17) is 11.6 Å². The van der Waals surface area contributed by atoms with Gasteiger partial charge in [-0.2, -0.15) is 0 Å². The van der Waals surface area contributed by atoms with Gasteiger partial charge in [0.05, 0.1) is 21.7 Å². The SMILES string of the molecule is CCCn1c(=O)c2c(C(=O)Nc3ccc(F)cc3Cl)cc(=O)n(CCC)c2n(C)c1=O. The van der Waals surface area contributed by atoms with E-state index in [0.717, 1.165) is 22.8 Å². The van der Waals surface area contributed by atoms with Gasteiger partial charge in [0, 0.05) is 26.2 Å². The van der Waals surface area contributed by atoms with Crippen molar-refractivity contribution in [1.82, 2.24) is 13.7 Å². The number of hydrogen-bond donors (Lipinski definition) is 1. The third-order valence-electron chi connectivity index (χ3n) is 4.90. The van der Waals surface area contributed by atoms with Crippen LogP contribution in [-0.4, -0.2) is 19.6 Å². The molecule has 164 valence electrons. The first kappa shape index (κ1) is 22.5. The lowest BCUT2D eigenvalue weighted by atomic mass is 10.1. The molecule has 1 amide bonds. The molecule has 0 spiro atoms. The van der Waals surface area contributed by atoms with Gasteiger partial charge in [-0.15, -0.1) is 0 Å². The maximum Gasteiger partial charge on any atom is 0.332 e. The van der Waals surface area contributed by atoms with E-state index in [2.05, 4.69) is 5.32 Å². The van der Waals surface area contributed by atoms with Gasteiger partial charge in [-0.3, -0.25) is 28.1 Å². The maximum absolute atomic E-state index is 13.3. The summed E-state index contributed by atoms with van der Waals surface area (Å²) >= 11 is 5.99. The smallest absolute Gasteiger partial charge is 0.321 e. The first-order valence-corrected chi connectivity index (χ1v) is 10.2. The van der Waals surface area contributed by atoms with Gasteiger partial charge in [-0.05, 0) is 31.0 Å². The average molecular weight is 449 g/mol. The fourth-order valence-electron chi connectivity index (χ4n) is 3.51. The number of fused-ring (bicyclic) bond motifs is 1. The van der Waals surface area contributed by atoms with Crippen LogP contribution in [0.1, 0.15) is 37.0 Å². The van der Waals surface area contributed by atoms with E-state index in [0.29, 0.717) is 12.8 Å². The van der Waals surface area contributed by atoms with Crippen molar-refractivity contribution in [3.05, 3.63) is 71.9 Å². The van der Waals surface area contributed by atoms with Gasteiger partial charge < -0.3 is 5.32 Å². The Morgan fingerprint density at radius 3 is 2.32 bits per heavy atom. The van der Waals surface area contributed by atoms with Crippen LogP contribution < -0.4 is 22.1 Å². The van der Waals surface area contributed by atoms with E-state index in [1.165, 1.54) is 22.2 Å². The molecule has 2 heterocycles. The second kappa shape index (κ2) is 8.89. The highest BCUT2D eigenvalue weighted by atomic mass is 35.5. The van der Waals surface area contributed by atoms with Gasteiger partial charge in [0.1, 0.15) is 11.5 Å². The molecule has 0 atom stereocenters. The van der Waals surface area contributed by atoms with Crippen molar-refractivity contribution in [2.24, 2.45) is 7.05 Å². The summed E-state index contributed by atoms with van der Waals surface area (Å²) in [5.41, 5.74) is -1.72. The summed E-state index contributed by atoms with van der Waals surface area (Å²) in [5.74, 6) is -1.34. The molecule has 0 bridgehead atoms. The molecule has 10 heteroatoms. The minimum atomic E-state index is -0.766. The Morgan fingerprint density at radius 2 is 1.71 bits per heavy atom. The average Bonchev–Trinajstić information content (AvgIpc) is 2.72. The fraction of sp³-hybridized carbons (Fsp3) is 0.333. The minimum absolute atomic E-state index is 0.0345. The lowest BCUT2D eigenvalue weighted by molar-refractivity contribution is 0.102. The van der Waals surface area contributed by atoms with Gasteiger partial charge >= 0.3 is 5.69 Å².